The normalized spacial score (nSPS) is 22.6. The number of allylic oxidation sites excluding steroid dienone is 2. The number of fused-ring (bicyclic) bond motifs is 1. The summed E-state index contributed by atoms with van der Waals surface area (Å²) in [6.45, 7) is 4.80. The molecule has 0 aromatic heterocycles. The average Bonchev–Trinajstić information content (AvgIpc) is 3.27. The van der Waals surface area contributed by atoms with E-state index in [2.05, 4.69) is 105 Å². The van der Waals surface area contributed by atoms with Crippen LogP contribution in [0, 0.1) is 0 Å². The molecular formula is C31H26Si. The molecule has 32 heavy (non-hydrogen) atoms. The first kappa shape index (κ1) is 18.4. The maximum Gasteiger partial charge on any atom is 0.108 e. The topological polar surface area (TPSA) is 0 Å². The highest BCUT2D eigenvalue weighted by Crippen LogP contribution is 2.57. The van der Waals surface area contributed by atoms with Gasteiger partial charge >= 0.3 is 0 Å². The monoisotopic (exact) mass is 426 g/mol. The standard InChI is InChI=1S/C31H26Si/c1-19-16-22-12-6-7-13-23(22)28(19)29-20(2)31-30-25-15-9-8-14-24(25)27(17-26(29)30)32(31)18-21-10-4-3-5-11-21/h3-17,28-29,32H,18H2,1-2H3. The summed E-state index contributed by atoms with van der Waals surface area (Å²) in [5, 5.41) is 6.41. The van der Waals surface area contributed by atoms with Crippen molar-refractivity contribution in [1.82, 2.24) is 0 Å². The second-order valence-electron chi connectivity index (χ2n) is 9.79. The summed E-state index contributed by atoms with van der Waals surface area (Å²) in [5.41, 5.74) is 10.8. The van der Waals surface area contributed by atoms with Gasteiger partial charge in [-0.05, 0) is 63.3 Å². The number of rotatable bonds is 3. The van der Waals surface area contributed by atoms with E-state index in [1.165, 1.54) is 39.1 Å². The molecular weight excluding hydrogens is 400 g/mol. The largest absolute Gasteiger partial charge is 0.108 e. The minimum atomic E-state index is -1.31. The third-order valence-electron chi connectivity index (χ3n) is 8.15. The van der Waals surface area contributed by atoms with Crippen LogP contribution in [-0.2, 0) is 6.04 Å². The molecule has 8 rings (SSSR count). The zero-order valence-electron chi connectivity index (χ0n) is 18.6. The fourth-order valence-electron chi connectivity index (χ4n) is 6.90. The van der Waals surface area contributed by atoms with Gasteiger partial charge in [-0.2, -0.15) is 0 Å². The fraction of sp³-hybridized carbons (Fsp3) is 0.161. The third kappa shape index (κ3) is 2.38. The summed E-state index contributed by atoms with van der Waals surface area (Å²) >= 11 is 0. The highest BCUT2D eigenvalue weighted by molar-refractivity contribution is 6.93. The van der Waals surface area contributed by atoms with Crippen molar-refractivity contribution in [2.75, 3.05) is 0 Å². The van der Waals surface area contributed by atoms with Crippen molar-refractivity contribution in [3.8, 4) is 0 Å². The SMILES string of the molecule is CC1=Cc2ccccc2C1C1C(C)=C2c3c1cc(c1ccccc31)[SiH]2Cc1ccccc1. The first-order valence-electron chi connectivity index (χ1n) is 11.8. The summed E-state index contributed by atoms with van der Waals surface area (Å²) in [6.07, 6.45) is 2.42. The van der Waals surface area contributed by atoms with E-state index < -0.39 is 8.80 Å². The van der Waals surface area contributed by atoms with Gasteiger partial charge in [-0.1, -0.05) is 108 Å². The Hall–Kier alpha value is -3.16. The third-order valence-corrected chi connectivity index (χ3v) is 11.7. The first-order chi connectivity index (χ1) is 15.7. The Morgan fingerprint density at radius 2 is 1.44 bits per heavy atom. The lowest BCUT2D eigenvalue weighted by Gasteiger charge is -2.29. The maximum atomic E-state index is 2.64. The van der Waals surface area contributed by atoms with Crippen LogP contribution in [0.15, 0.2) is 96.1 Å². The van der Waals surface area contributed by atoms with Gasteiger partial charge in [-0.25, -0.2) is 0 Å². The van der Waals surface area contributed by atoms with Crippen LogP contribution < -0.4 is 5.19 Å². The lowest BCUT2D eigenvalue weighted by atomic mass is 9.78. The number of benzene rings is 4. The molecule has 4 aliphatic rings. The Balaban J connectivity index is 1.46. The Morgan fingerprint density at radius 1 is 0.719 bits per heavy atom. The van der Waals surface area contributed by atoms with Crippen LogP contribution in [0.1, 0.15) is 53.5 Å². The van der Waals surface area contributed by atoms with E-state index in [1.807, 2.05) is 0 Å². The Bertz CT molecular complexity index is 1470. The summed E-state index contributed by atoms with van der Waals surface area (Å²) in [5.74, 6) is 0.956. The van der Waals surface area contributed by atoms with Crippen LogP contribution in [0.5, 0.6) is 0 Å². The van der Waals surface area contributed by atoms with Crippen LogP contribution >= 0.6 is 0 Å². The molecule has 4 aromatic rings. The van der Waals surface area contributed by atoms with Gasteiger partial charge in [0.2, 0.25) is 0 Å². The van der Waals surface area contributed by atoms with Crippen molar-refractivity contribution >= 4 is 36.0 Å². The quantitative estimate of drug-likeness (QED) is 0.321. The summed E-state index contributed by atoms with van der Waals surface area (Å²) in [4.78, 5) is 0. The van der Waals surface area contributed by atoms with Crippen molar-refractivity contribution < 1.29 is 0 Å². The van der Waals surface area contributed by atoms with E-state index in [4.69, 9.17) is 0 Å². The van der Waals surface area contributed by atoms with E-state index in [0.29, 0.717) is 11.8 Å². The van der Waals surface area contributed by atoms with Crippen molar-refractivity contribution in [2.45, 2.75) is 31.7 Å². The predicted molar refractivity (Wildman–Crippen MR) is 139 cm³/mol. The maximum absolute atomic E-state index is 2.64. The minimum absolute atomic E-state index is 0.473. The van der Waals surface area contributed by atoms with Crippen LogP contribution in [0.3, 0.4) is 0 Å². The van der Waals surface area contributed by atoms with Gasteiger partial charge in [0.05, 0.1) is 0 Å². The fourth-order valence-corrected chi connectivity index (χ4v) is 10.8. The lowest BCUT2D eigenvalue weighted by Crippen LogP contribution is -2.39. The Labute approximate surface area is 191 Å². The molecule has 2 aliphatic heterocycles. The van der Waals surface area contributed by atoms with Crippen LogP contribution in [0.25, 0.3) is 22.0 Å². The zero-order chi connectivity index (χ0) is 21.4. The molecule has 3 atom stereocenters. The van der Waals surface area contributed by atoms with E-state index in [9.17, 15) is 0 Å². The van der Waals surface area contributed by atoms with Crippen molar-refractivity contribution in [3.05, 3.63) is 124 Å². The molecule has 4 bridgehead atoms. The molecule has 0 saturated heterocycles. The molecule has 3 unspecified atom stereocenters. The molecule has 1 heteroatoms. The zero-order valence-corrected chi connectivity index (χ0v) is 19.8. The lowest BCUT2D eigenvalue weighted by molar-refractivity contribution is 0.693. The Morgan fingerprint density at radius 3 is 2.28 bits per heavy atom. The molecule has 0 spiro atoms. The molecule has 0 saturated carbocycles. The summed E-state index contributed by atoms with van der Waals surface area (Å²) in [6, 6.07) is 33.2. The second-order valence-corrected chi connectivity index (χ2v) is 12.5. The molecule has 0 fully saturated rings. The highest BCUT2D eigenvalue weighted by atomic mass is 28.3. The summed E-state index contributed by atoms with van der Waals surface area (Å²) < 4.78 is 0. The van der Waals surface area contributed by atoms with Gasteiger partial charge in [0, 0.05) is 11.8 Å². The first-order valence-corrected chi connectivity index (χ1v) is 13.8. The van der Waals surface area contributed by atoms with Gasteiger partial charge in [0.1, 0.15) is 8.80 Å². The van der Waals surface area contributed by atoms with E-state index in [0.717, 1.165) is 0 Å². The van der Waals surface area contributed by atoms with Gasteiger partial charge in [0.25, 0.3) is 0 Å². The van der Waals surface area contributed by atoms with Gasteiger partial charge < -0.3 is 0 Å². The second kappa shape index (κ2) is 6.67. The molecule has 154 valence electrons. The average molecular weight is 427 g/mol. The smallest absolute Gasteiger partial charge is 0.0649 e. The van der Waals surface area contributed by atoms with E-state index in [-0.39, 0.29) is 0 Å². The molecule has 4 aromatic carbocycles. The molecule has 2 aliphatic carbocycles. The minimum Gasteiger partial charge on any atom is -0.0649 e. The molecule has 0 amide bonds. The van der Waals surface area contributed by atoms with E-state index >= 15 is 0 Å². The van der Waals surface area contributed by atoms with Gasteiger partial charge in [0.15, 0.2) is 0 Å². The van der Waals surface area contributed by atoms with Crippen molar-refractivity contribution in [2.24, 2.45) is 0 Å². The summed E-state index contributed by atoms with van der Waals surface area (Å²) in [7, 11) is -1.31. The van der Waals surface area contributed by atoms with Crippen LogP contribution in [0.4, 0.5) is 0 Å². The number of hydrogen-bond donors (Lipinski definition) is 0. The molecule has 0 N–H and O–H groups in total. The van der Waals surface area contributed by atoms with E-state index in [1.54, 1.807) is 27.1 Å². The van der Waals surface area contributed by atoms with Crippen molar-refractivity contribution in [3.63, 3.8) is 0 Å². The molecule has 0 radical (unpaired) electrons. The van der Waals surface area contributed by atoms with Crippen LogP contribution in [0.2, 0.25) is 0 Å². The van der Waals surface area contributed by atoms with Crippen LogP contribution in [-0.4, -0.2) is 8.80 Å². The predicted octanol–water partition coefficient (Wildman–Crippen LogP) is 6.68. The van der Waals surface area contributed by atoms with Crippen molar-refractivity contribution in [1.29, 1.82) is 0 Å². The van der Waals surface area contributed by atoms with Gasteiger partial charge in [-0.3, -0.25) is 0 Å². The molecule has 0 nitrogen and oxygen atoms in total. The van der Waals surface area contributed by atoms with Gasteiger partial charge in [-0.15, -0.1) is 0 Å². The highest BCUT2D eigenvalue weighted by Gasteiger charge is 2.45. The Kier molecular flexibility index (Phi) is 3.84. The molecule has 2 heterocycles. The number of hydrogen-bond acceptors (Lipinski definition) is 0.